The molecule has 0 saturated carbocycles. The molecule has 3 heterocycles. The molecular weight excluding hydrogens is 224 g/mol. The predicted octanol–water partition coefficient (Wildman–Crippen LogP) is 0.461. The van der Waals surface area contributed by atoms with E-state index in [1.54, 1.807) is 12.5 Å². The summed E-state index contributed by atoms with van der Waals surface area (Å²) in [5.41, 5.74) is 1.70. The molecular formula is C9H8N6O2. The molecule has 0 spiro atoms. The van der Waals surface area contributed by atoms with Gasteiger partial charge in [-0.25, -0.2) is 19.7 Å². The van der Waals surface area contributed by atoms with E-state index in [0.717, 1.165) is 5.52 Å². The second-order valence-corrected chi connectivity index (χ2v) is 2.94. The number of rotatable bonds is 1. The fraction of sp³-hybridized carbons (Fsp3) is 0. The lowest BCUT2D eigenvalue weighted by Crippen LogP contribution is -1.95. The monoisotopic (exact) mass is 232 g/mol. The maximum atomic E-state index is 9.99. The lowest BCUT2D eigenvalue weighted by atomic mass is 10.5. The molecule has 0 unspecified atom stereocenters. The van der Waals surface area contributed by atoms with Crippen LogP contribution in [0, 0.1) is 0 Å². The Morgan fingerprint density at radius 3 is 2.82 bits per heavy atom. The van der Waals surface area contributed by atoms with Gasteiger partial charge in [-0.15, -0.1) is 0 Å². The number of carbonyl (C=O) groups is 1. The van der Waals surface area contributed by atoms with Crippen molar-refractivity contribution in [1.82, 2.24) is 30.1 Å². The van der Waals surface area contributed by atoms with Crippen LogP contribution in [0.25, 0.3) is 11.2 Å². The van der Waals surface area contributed by atoms with Crippen molar-refractivity contribution in [3.8, 4) is 0 Å². The number of H-pyrrole nitrogens is 2. The van der Waals surface area contributed by atoms with Crippen molar-refractivity contribution in [2.45, 2.75) is 0 Å². The third kappa shape index (κ3) is 2.62. The molecule has 8 nitrogen and oxygen atoms in total. The normalized spacial score (nSPS) is 9.65. The number of carboxylic acid groups (broad SMARTS) is 1. The smallest absolute Gasteiger partial charge is 0.353 e. The van der Waals surface area contributed by atoms with Crippen molar-refractivity contribution in [3.63, 3.8) is 0 Å². The maximum Gasteiger partial charge on any atom is 0.353 e. The summed E-state index contributed by atoms with van der Waals surface area (Å²) in [5.74, 6) is -0.984. The topological polar surface area (TPSA) is 120 Å². The molecule has 0 amide bonds. The Kier molecular flexibility index (Phi) is 3.05. The highest BCUT2D eigenvalue weighted by molar-refractivity contribution is 5.84. The van der Waals surface area contributed by atoms with Crippen LogP contribution in [0.15, 0.2) is 31.1 Å². The van der Waals surface area contributed by atoms with Gasteiger partial charge in [0.1, 0.15) is 17.5 Å². The summed E-state index contributed by atoms with van der Waals surface area (Å²) in [6, 6.07) is 1.39. The van der Waals surface area contributed by atoms with Gasteiger partial charge in [-0.2, -0.15) is 5.10 Å². The Balaban J connectivity index is 0.000000128. The summed E-state index contributed by atoms with van der Waals surface area (Å²) in [6.07, 6.45) is 6.15. The summed E-state index contributed by atoms with van der Waals surface area (Å²) >= 11 is 0. The molecule has 3 aromatic heterocycles. The highest BCUT2D eigenvalue weighted by Crippen LogP contribution is 1.99. The fourth-order valence-electron chi connectivity index (χ4n) is 1.07. The van der Waals surface area contributed by atoms with E-state index in [9.17, 15) is 4.79 Å². The van der Waals surface area contributed by atoms with Gasteiger partial charge in [0.25, 0.3) is 0 Å². The first kappa shape index (κ1) is 10.7. The quantitative estimate of drug-likeness (QED) is 0.560. The minimum Gasteiger partial charge on any atom is -0.477 e. The molecule has 86 valence electrons. The van der Waals surface area contributed by atoms with Gasteiger partial charge >= 0.3 is 5.97 Å². The van der Waals surface area contributed by atoms with Crippen molar-refractivity contribution in [2.24, 2.45) is 0 Å². The highest BCUT2D eigenvalue weighted by atomic mass is 16.4. The second-order valence-electron chi connectivity index (χ2n) is 2.94. The maximum absolute atomic E-state index is 9.99. The number of aromatic amines is 2. The average molecular weight is 232 g/mol. The van der Waals surface area contributed by atoms with Crippen molar-refractivity contribution < 1.29 is 9.90 Å². The van der Waals surface area contributed by atoms with E-state index in [0.29, 0.717) is 5.65 Å². The van der Waals surface area contributed by atoms with E-state index >= 15 is 0 Å². The molecule has 0 aliphatic heterocycles. The lowest BCUT2D eigenvalue weighted by molar-refractivity contribution is 0.0690. The predicted molar refractivity (Wildman–Crippen MR) is 57.2 cm³/mol. The van der Waals surface area contributed by atoms with Crippen LogP contribution in [0.4, 0.5) is 0 Å². The first-order chi connectivity index (χ1) is 8.27. The molecule has 0 fully saturated rings. The van der Waals surface area contributed by atoms with E-state index in [-0.39, 0.29) is 5.69 Å². The Hall–Kier alpha value is -2.77. The minimum absolute atomic E-state index is 0.116. The third-order valence-electron chi connectivity index (χ3n) is 1.83. The molecule has 3 aromatic rings. The van der Waals surface area contributed by atoms with Crippen LogP contribution in [0.1, 0.15) is 10.5 Å². The zero-order valence-corrected chi connectivity index (χ0v) is 8.53. The highest BCUT2D eigenvalue weighted by Gasteiger charge is 1.99. The minimum atomic E-state index is -0.984. The van der Waals surface area contributed by atoms with Gasteiger partial charge in [0, 0.05) is 6.20 Å². The van der Waals surface area contributed by atoms with Crippen molar-refractivity contribution in [3.05, 3.63) is 36.8 Å². The molecule has 0 aliphatic rings. The van der Waals surface area contributed by atoms with Gasteiger partial charge in [0.2, 0.25) is 0 Å². The van der Waals surface area contributed by atoms with Crippen LogP contribution < -0.4 is 0 Å². The fourth-order valence-corrected chi connectivity index (χ4v) is 1.07. The van der Waals surface area contributed by atoms with Gasteiger partial charge in [0.05, 0.1) is 12.5 Å². The number of aromatic carboxylic acids is 1. The van der Waals surface area contributed by atoms with E-state index in [1.807, 2.05) is 0 Å². The molecule has 3 N–H and O–H groups in total. The molecule has 8 heteroatoms. The summed E-state index contributed by atoms with van der Waals surface area (Å²) in [6.45, 7) is 0. The first-order valence-corrected chi connectivity index (χ1v) is 4.59. The Labute approximate surface area is 94.8 Å². The molecule has 0 saturated heterocycles. The molecule has 0 radical (unpaired) electrons. The zero-order chi connectivity index (χ0) is 12.1. The summed E-state index contributed by atoms with van der Waals surface area (Å²) < 4.78 is 0. The van der Waals surface area contributed by atoms with Crippen LogP contribution in [-0.4, -0.2) is 41.2 Å². The number of hydrogen-bond acceptors (Lipinski definition) is 5. The zero-order valence-electron chi connectivity index (χ0n) is 8.53. The van der Waals surface area contributed by atoms with Gasteiger partial charge in [-0.3, -0.25) is 5.10 Å². The number of fused-ring (bicyclic) bond motifs is 1. The summed E-state index contributed by atoms with van der Waals surface area (Å²) in [4.78, 5) is 24.5. The van der Waals surface area contributed by atoms with Gasteiger partial charge in [-0.1, -0.05) is 0 Å². The Morgan fingerprint density at radius 1 is 1.35 bits per heavy atom. The van der Waals surface area contributed by atoms with Gasteiger partial charge in [-0.05, 0) is 6.07 Å². The van der Waals surface area contributed by atoms with Crippen LogP contribution >= 0.6 is 0 Å². The third-order valence-corrected chi connectivity index (χ3v) is 1.83. The van der Waals surface area contributed by atoms with E-state index < -0.39 is 5.97 Å². The molecule has 17 heavy (non-hydrogen) atoms. The van der Waals surface area contributed by atoms with Crippen molar-refractivity contribution in [2.75, 3.05) is 0 Å². The van der Waals surface area contributed by atoms with Crippen LogP contribution in [0.5, 0.6) is 0 Å². The molecule has 3 rings (SSSR count). The molecule has 0 atom stereocenters. The largest absolute Gasteiger partial charge is 0.477 e. The number of carboxylic acids is 1. The van der Waals surface area contributed by atoms with Crippen LogP contribution in [0.2, 0.25) is 0 Å². The van der Waals surface area contributed by atoms with Gasteiger partial charge < -0.3 is 10.1 Å². The van der Waals surface area contributed by atoms with E-state index in [4.69, 9.17) is 5.11 Å². The number of imidazole rings is 1. The van der Waals surface area contributed by atoms with E-state index in [2.05, 4.69) is 30.1 Å². The molecule has 0 bridgehead atoms. The van der Waals surface area contributed by atoms with Crippen LogP contribution in [-0.2, 0) is 0 Å². The standard InChI is InChI=1S/C5H4N4.C4H4N2O2/c1-4-5(8-2-6-1)9-3-7-4;7-4(8)3-1-2-5-6-3/h1-3H,(H,6,7,8,9);1-2H,(H,5,6)(H,7,8). The van der Waals surface area contributed by atoms with Crippen molar-refractivity contribution >= 4 is 17.1 Å². The molecule has 0 aromatic carbocycles. The average Bonchev–Trinajstić information content (AvgIpc) is 3.01. The van der Waals surface area contributed by atoms with Crippen LogP contribution in [0.3, 0.4) is 0 Å². The number of aromatic nitrogens is 6. The van der Waals surface area contributed by atoms with Crippen molar-refractivity contribution in [1.29, 1.82) is 0 Å². The number of nitrogens with zero attached hydrogens (tertiary/aromatic N) is 4. The lowest BCUT2D eigenvalue weighted by Gasteiger charge is -1.80. The second kappa shape index (κ2) is 4.84. The summed E-state index contributed by atoms with van der Waals surface area (Å²) in [5, 5.41) is 13.9. The number of nitrogens with one attached hydrogen (secondary N) is 2. The van der Waals surface area contributed by atoms with E-state index in [1.165, 1.54) is 18.6 Å². The SMILES string of the molecule is O=C(O)c1ccn[nH]1.c1ncc2[nH]cnc2n1. The number of hydrogen-bond donors (Lipinski definition) is 3. The Bertz CT molecular complexity index is 573. The Morgan fingerprint density at radius 2 is 2.24 bits per heavy atom. The summed E-state index contributed by atoms with van der Waals surface area (Å²) in [7, 11) is 0. The first-order valence-electron chi connectivity index (χ1n) is 4.59. The molecule has 0 aliphatic carbocycles. The van der Waals surface area contributed by atoms with Gasteiger partial charge in [0.15, 0.2) is 5.65 Å².